The van der Waals surface area contributed by atoms with Crippen LogP contribution >= 0.6 is 0 Å². The summed E-state index contributed by atoms with van der Waals surface area (Å²) >= 11 is 0. The normalized spacial score (nSPS) is 13.8. The second-order valence-electron chi connectivity index (χ2n) is 3.65. The smallest absolute Gasteiger partial charge is 0.161 e. The molecule has 1 aromatic rings. The molecule has 1 aromatic heterocycles. The Hall–Kier alpha value is -1.72. The third-order valence-electron chi connectivity index (χ3n) is 2.45. The number of nitrogens with one attached hydrogen (secondary N) is 1. The molecular weight excluding hydrogens is 206 g/mol. The lowest BCUT2D eigenvalue weighted by Gasteiger charge is -2.15. The van der Waals surface area contributed by atoms with E-state index in [0.717, 1.165) is 24.2 Å². The Labute approximate surface area is 95.1 Å². The molecule has 4 N–H and O–H groups in total. The average molecular weight is 225 g/mol. The second kappa shape index (κ2) is 5.39. The minimum atomic E-state index is -0.167. The van der Waals surface area contributed by atoms with Crippen LogP contribution < -0.4 is 11.1 Å². The fourth-order valence-electron chi connectivity index (χ4n) is 1.56. The summed E-state index contributed by atoms with van der Waals surface area (Å²) in [6, 6.07) is -0.167. The van der Waals surface area contributed by atoms with E-state index in [9.17, 15) is 0 Å². The van der Waals surface area contributed by atoms with Crippen LogP contribution in [-0.2, 0) is 13.5 Å². The first-order valence-electron chi connectivity index (χ1n) is 5.38. The van der Waals surface area contributed by atoms with Crippen molar-refractivity contribution < 1.29 is 5.21 Å². The number of amidine groups is 1. The molecule has 0 bridgehead atoms. The molecule has 0 saturated heterocycles. The van der Waals surface area contributed by atoms with Crippen LogP contribution in [0.4, 0.5) is 5.69 Å². The highest BCUT2D eigenvalue weighted by Crippen LogP contribution is 2.15. The van der Waals surface area contributed by atoms with Crippen LogP contribution in [0.1, 0.15) is 26.0 Å². The van der Waals surface area contributed by atoms with E-state index in [1.54, 1.807) is 4.68 Å². The number of hydrogen-bond donors (Lipinski definition) is 3. The Morgan fingerprint density at radius 1 is 1.69 bits per heavy atom. The fourth-order valence-corrected chi connectivity index (χ4v) is 1.56. The molecule has 16 heavy (non-hydrogen) atoms. The van der Waals surface area contributed by atoms with Crippen molar-refractivity contribution in [3.63, 3.8) is 0 Å². The zero-order valence-electron chi connectivity index (χ0n) is 9.94. The minimum absolute atomic E-state index is 0.167. The van der Waals surface area contributed by atoms with Crippen molar-refractivity contribution in [1.29, 1.82) is 0 Å². The van der Waals surface area contributed by atoms with Gasteiger partial charge in [0.2, 0.25) is 0 Å². The van der Waals surface area contributed by atoms with Gasteiger partial charge in [-0.15, -0.1) is 0 Å². The summed E-state index contributed by atoms with van der Waals surface area (Å²) in [5, 5.41) is 19.2. The van der Waals surface area contributed by atoms with E-state index < -0.39 is 0 Å². The summed E-state index contributed by atoms with van der Waals surface area (Å²) in [6.07, 6.45) is 3.48. The molecule has 90 valence electrons. The SMILES string of the molecule is CCc1nn(C)cc1NC(CC)C(N)=NO. The second-order valence-corrected chi connectivity index (χ2v) is 3.65. The van der Waals surface area contributed by atoms with Gasteiger partial charge in [0.1, 0.15) is 0 Å². The molecule has 0 aliphatic carbocycles. The van der Waals surface area contributed by atoms with E-state index >= 15 is 0 Å². The molecule has 0 spiro atoms. The van der Waals surface area contributed by atoms with Gasteiger partial charge in [0, 0.05) is 13.2 Å². The zero-order valence-corrected chi connectivity index (χ0v) is 9.94. The molecule has 0 saturated carbocycles. The number of oxime groups is 1. The van der Waals surface area contributed by atoms with Gasteiger partial charge in [-0.1, -0.05) is 19.0 Å². The Balaban J connectivity index is 2.85. The van der Waals surface area contributed by atoms with E-state index in [2.05, 4.69) is 15.6 Å². The van der Waals surface area contributed by atoms with E-state index in [-0.39, 0.29) is 11.9 Å². The van der Waals surface area contributed by atoms with Gasteiger partial charge in [0.15, 0.2) is 5.84 Å². The molecular formula is C10H19N5O. The van der Waals surface area contributed by atoms with Crippen molar-refractivity contribution in [3.8, 4) is 0 Å². The van der Waals surface area contributed by atoms with Crippen LogP contribution in [0, 0.1) is 0 Å². The van der Waals surface area contributed by atoms with E-state index in [1.165, 1.54) is 0 Å². The molecule has 0 radical (unpaired) electrons. The highest BCUT2D eigenvalue weighted by Gasteiger charge is 2.14. The molecule has 1 unspecified atom stereocenters. The Morgan fingerprint density at radius 3 is 2.88 bits per heavy atom. The predicted octanol–water partition coefficient (Wildman–Crippen LogP) is 0.919. The van der Waals surface area contributed by atoms with Crippen LogP contribution in [0.3, 0.4) is 0 Å². The van der Waals surface area contributed by atoms with Crippen LogP contribution in [0.25, 0.3) is 0 Å². The highest BCUT2D eigenvalue weighted by molar-refractivity contribution is 5.87. The molecule has 1 rings (SSSR count). The monoisotopic (exact) mass is 225 g/mol. The number of rotatable bonds is 5. The maximum absolute atomic E-state index is 8.65. The van der Waals surface area contributed by atoms with Crippen LogP contribution in [0.5, 0.6) is 0 Å². The summed E-state index contributed by atoms with van der Waals surface area (Å²) in [5.74, 6) is 0.188. The zero-order chi connectivity index (χ0) is 12.1. The number of hydrogen-bond acceptors (Lipinski definition) is 4. The Morgan fingerprint density at radius 2 is 2.38 bits per heavy atom. The largest absolute Gasteiger partial charge is 0.409 e. The summed E-state index contributed by atoms with van der Waals surface area (Å²) in [6.45, 7) is 4.01. The number of aryl methyl sites for hydroxylation is 2. The average Bonchev–Trinajstić information content (AvgIpc) is 2.65. The standard InChI is InChI=1S/C10H19N5O/c1-4-7-9(6-15(3)13-7)12-8(5-2)10(11)14-16/h6,8,12,16H,4-5H2,1-3H3,(H2,11,14). The lowest BCUT2D eigenvalue weighted by Crippen LogP contribution is -2.35. The van der Waals surface area contributed by atoms with Crippen molar-refractivity contribution in [2.45, 2.75) is 32.7 Å². The molecule has 0 fully saturated rings. The van der Waals surface area contributed by atoms with E-state index in [4.69, 9.17) is 10.9 Å². The Bertz CT molecular complexity index is 371. The summed E-state index contributed by atoms with van der Waals surface area (Å²) in [4.78, 5) is 0. The third kappa shape index (κ3) is 2.65. The van der Waals surface area contributed by atoms with E-state index in [0.29, 0.717) is 0 Å². The molecule has 0 aliphatic heterocycles. The van der Waals surface area contributed by atoms with Gasteiger partial charge >= 0.3 is 0 Å². The summed E-state index contributed by atoms with van der Waals surface area (Å²) in [7, 11) is 1.87. The predicted molar refractivity (Wildman–Crippen MR) is 63.7 cm³/mol. The maximum Gasteiger partial charge on any atom is 0.161 e. The molecule has 6 nitrogen and oxygen atoms in total. The highest BCUT2D eigenvalue weighted by atomic mass is 16.4. The first kappa shape index (κ1) is 12.4. The van der Waals surface area contributed by atoms with Crippen molar-refractivity contribution in [2.24, 2.45) is 17.9 Å². The fraction of sp³-hybridized carbons (Fsp3) is 0.600. The van der Waals surface area contributed by atoms with Gasteiger partial charge in [-0.3, -0.25) is 4.68 Å². The number of nitrogens with two attached hydrogens (primary N) is 1. The molecule has 0 aliphatic rings. The van der Waals surface area contributed by atoms with E-state index in [1.807, 2.05) is 27.1 Å². The van der Waals surface area contributed by atoms with Gasteiger partial charge in [0.05, 0.1) is 17.4 Å². The topological polar surface area (TPSA) is 88.5 Å². The summed E-state index contributed by atoms with van der Waals surface area (Å²) < 4.78 is 1.75. The summed E-state index contributed by atoms with van der Waals surface area (Å²) in [5.41, 5.74) is 7.50. The lowest BCUT2D eigenvalue weighted by molar-refractivity contribution is 0.316. The lowest BCUT2D eigenvalue weighted by atomic mass is 10.2. The molecule has 1 atom stereocenters. The van der Waals surface area contributed by atoms with Gasteiger partial charge in [-0.05, 0) is 12.8 Å². The number of nitrogens with zero attached hydrogens (tertiary/aromatic N) is 3. The van der Waals surface area contributed by atoms with Crippen molar-refractivity contribution in [3.05, 3.63) is 11.9 Å². The quantitative estimate of drug-likeness (QED) is 0.301. The van der Waals surface area contributed by atoms with Crippen molar-refractivity contribution in [2.75, 3.05) is 5.32 Å². The van der Waals surface area contributed by atoms with Gasteiger partial charge in [-0.25, -0.2) is 0 Å². The first-order valence-corrected chi connectivity index (χ1v) is 5.38. The maximum atomic E-state index is 8.65. The van der Waals surface area contributed by atoms with Crippen LogP contribution in [-0.4, -0.2) is 26.9 Å². The van der Waals surface area contributed by atoms with Gasteiger partial charge in [0.25, 0.3) is 0 Å². The van der Waals surface area contributed by atoms with Crippen LogP contribution in [0.2, 0.25) is 0 Å². The number of aromatic nitrogens is 2. The number of anilines is 1. The van der Waals surface area contributed by atoms with Crippen LogP contribution in [0.15, 0.2) is 11.4 Å². The van der Waals surface area contributed by atoms with Crippen molar-refractivity contribution >= 4 is 11.5 Å². The first-order chi connectivity index (χ1) is 7.62. The van der Waals surface area contributed by atoms with Gasteiger partial charge in [-0.2, -0.15) is 5.10 Å². The van der Waals surface area contributed by atoms with Crippen molar-refractivity contribution in [1.82, 2.24) is 9.78 Å². The van der Waals surface area contributed by atoms with Gasteiger partial charge < -0.3 is 16.3 Å². The minimum Gasteiger partial charge on any atom is -0.409 e. The third-order valence-corrected chi connectivity index (χ3v) is 2.45. The molecule has 0 aromatic carbocycles. The molecule has 1 heterocycles. The Kier molecular flexibility index (Phi) is 4.16. The molecule has 0 amide bonds. The molecule has 6 heteroatoms.